The van der Waals surface area contributed by atoms with E-state index in [0.29, 0.717) is 12.6 Å². The van der Waals surface area contributed by atoms with E-state index in [4.69, 9.17) is 4.74 Å². The molecule has 27 heavy (non-hydrogen) atoms. The maximum atomic E-state index is 6.11. The minimum absolute atomic E-state index is 0. The Bertz CT molecular complexity index is 571. The predicted molar refractivity (Wildman–Crippen MR) is 121 cm³/mol. The molecule has 3 rings (SSSR count). The number of ether oxygens (including phenoxy) is 1. The van der Waals surface area contributed by atoms with Gasteiger partial charge >= 0.3 is 0 Å². The largest absolute Gasteiger partial charge is 0.474 e. The van der Waals surface area contributed by atoms with Crippen LogP contribution in [0.2, 0.25) is 0 Å². The van der Waals surface area contributed by atoms with Crippen molar-refractivity contribution in [3.8, 4) is 5.88 Å². The van der Waals surface area contributed by atoms with Gasteiger partial charge in [-0.1, -0.05) is 12.5 Å². The number of halogens is 1. The smallest absolute Gasteiger partial charge is 0.218 e. The summed E-state index contributed by atoms with van der Waals surface area (Å²) in [5, 5.41) is 6.80. The van der Waals surface area contributed by atoms with Crippen molar-refractivity contribution in [1.29, 1.82) is 0 Å². The number of aliphatic imine (C=N–C) groups is 1. The third kappa shape index (κ3) is 7.44. The summed E-state index contributed by atoms with van der Waals surface area (Å²) in [6, 6.07) is 4.04. The maximum absolute atomic E-state index is 6.11. The number of rotatable bonds is 7. The fourth-order valence-corrected chi connectivity index (χ4v) is 3.74. The van der Waals surface area contributed by atoms with Crippen molar-refractivity contribution in [2.75, 3.05) is 33.2 Å². The van der Waals surface area contributed by atoms with Crippen molar-refractivity contribution >= 4 is 29.9 Å². The molecule has 0 aromatic carbocycles. The van der Waals surface area contributed by atoms with Crippen LogP contribution in [0.4, 0.5) is 0 Å². The number of pyridine rings is 1. The summed E-state index contributed by atoms with van der Waals surface area (Å²) >= 11 is 0. The number of hydrogen-bond donors (Lipinski definition) is 2. The normalized spacial score (nSPS) is 18.8. The van der Waals surface area contributed by atoms with Crippen molar-refractivity contribution in [3.05, 3.63) is 23.9 Å². The van der Waals surface area contributed by atoms with E-state index >= 15 is 0 Å². The van der Waals surface area contributed by atoms with Crippen molar-refractivity contribution < 1.29 is 4.74 Å². The van der Waals surface area contributed by atoms with E-state index in [-0.39, 0.29) is 24.0 Å². The number of aromatic nitrogens is 1. The lowest BCUT2D eigenvalue weighted by Gasteiger charge is -2.26. The zero-order chi connectivity index (χ0) is 18.0. The molecule has 0 spiro atoms. The average Bonchev–Trinajstić information content (AvgIpc) is 3.19. The van der Waals surface area contributed by atoms with Crippen LogP contribution in [-0.2, 0) is 6.54 Å². The van der Waals surface area contributed by atoms with Gasteiger partial charge in [-0.15, -0.1) is 24.0 Å². The quantitative estimate of drug-likeness (QED) is 0.352. The van der Waals surface area contributed by atoms with Gasteiger partial charge in [-0.25, -0.2) is 4.98 Å². The summed E-state index contributed by atoms with van der Waals surface area (Å²) in [5.41, 5.74) is 1.08. The molecule has 0 unspecified atom stereocenters. The lowest BCUT2D eigenvalue weighted by atomic mass is 10.1. The predicted octanol–water partition coefficient (Wildman–Crippen LogP) is 3.17. The van der Waals surface area contributed by atoms with Crippen molar-refractivity contribution in [1.82, 2.24) is 20.5 Å². The van der Waals surface area contributed by atoms with E-state index in [1.54, 1.807) is 6.20 Å². The minimum Gasteiger partial charge on any atom is -0.474 e. The van der Waals surface area contributed by atoms with Gasteiger partial charge in [0, 0.05) is 38.4 Å². The van der Waals surface area contributed by atoms with Gasteiger partial charge in [0.05, 0.1) is 0 Å². The molecule has 2 N–H and O–H groups in total. The van der Waals surface area contributed by atoms with Crippen LogP contribution in [0, 0.1) is 0 Å². The highest BCUT2D eigenvalue weighted by Gasteiger charge is 2.18. The van der Waals surface area contributed by atoms with Gasteiger partial charge in [0.25, 0.3) is 0 Å². The van der Waals surface area contributed by atoms with Gasteiger partial charge in [-0.2, -0.15) is 0 Å². The highest BCUT2D eigenvalue weighted by atomic mass is 127. The lowest BCUT2D eigenvalue weighted by molar-refractivity contribution is 0.199. The van der Waals surface area contributed by atoms with Gasteiger partial charge in [0.15, 0.2) is 5.96 Å². The summed E-state index contributed by atoms with van der Waals surface area (Å²) in [5.74, 6) is 1.59. The van der Waals surface area contributed by atoms with Crippen LogP contribution in [0.5, 0.6) is 5.88 Å². The maximum Gasteiger partial charge on any atom is 0.218 e. The molecule has 7 heteroatoms. The van der Waals surface area contributed by atoms with E-state index in [9.17, 15) is 0 Å². The molecule has 0 amide bonds. The van der Waals surface area contributed by atoms with Gasteiger partial charge in [0.2, 0.25) is 5.88 Å². The van der Waals surface area contributed by atoms with E-state index in [1.165, 1.54) is 45.2 Å². The Balaban J connectivity index is 0.00000261. The Morgan fingerprint density at radius 1 is 1.19 bits per heavy atom. The van der Waals surface area contributed by atoms with E-state index in [1.807, 2.05) is 13.1 Å². The lowest BCUT2D eigenvalue weighted by Crippen LogP contribution is -2.42. The van der Waals surface area contributed by atoms with Crippen molar-refractivity contribution in [3.63, 3.8) is 0 Å². The minimum atomic E-state index is 0. The zero-order valence-electron chi connectivity index (χ0n) is 16.5. The first kappa shape index (κ1) is 22.2. The number of likely N-dealkylation sites (tertiary alicyclic amines) is 1. The number of guanidine groups is 1. The second-order valence-corrected chi connectivity index (χ2v) is 7.25. The fraction of sp³-hybridized carbons (Fsp3) is 0.700. The second-order valence-electron chi connectivity index (χ2n) is 7.25. The Hall–Kier alpha value is -1.09. The van der Waals surface area contributed by atoms with Crippen LogP contribution >= 0.6 is 24.0 Å². The molecule has 2 fully saturated rings. The Morgan fingerprint density at radius 3 is 2.70 bits per heavy atom. The Morgan fingerprint density at radius 2 is 1.96 bits per heavy atom. The highest BCUT2D eigenvalue weighted by Crippen LogP contribution is 2.24. The molecule has 1 saturated heterocycles. The van der Waals surface area contributed by atoms with E-state index in [0.717, 1.165) is 43.3 Å². The van der Waals surface area contributed by atoms with E-state index in [2.05, 4.69) is 31.6 Å². The molecule has 1 aromatic heterocycles. The van der Waals surface area contributed by atoms with Gasteiger partial charge in [-0.05, 0) is 57.7 Å². The average molecular weight is 487 g/mol. The first-order valence-electron chi connectivity index (χ1n) is 10.1. The van der Waals surface area contributed by atoms with E-state index < -0.39 is 0 Å². The first-order chi connectivity index (χ1) is 12.8. The molecular formula is C20H34IN5O. The highest BCUT2D eigenvalue weighted by molar-refractivity contribution is 14.0. The molecule has 1 saturated carbocycles. The van der Waals surface area contributed by atoms with Gasteiger partial charge in [0.1, 0.15) is 6.10 Å². The third-order valence-electron chi connectivity index (χ3n) is 5.27. The molecule has 0 bridgehead atoms. The zero-order valence-corrected chi connectivity index (χ0v) is 18.8. The molecule has 0 atom stereocenters. The molecule has 2 aliphatic rings. The van der Waals surface area contributed by atoms with Crippen LogP contribution in [0.1, 0.15) is 50.5 Å². The summed E-state index contributed by atoms with van der Waals surface area (Å²) in [7, 11) is 1.81. The molecule has 152 valence electrons. The Kier molecular flexibility index (Phi) is 10.2. The van der Waals surface area contributed by atoms with Gasteiger partial charge in [-0.3, -0.25) is 4.99 Å². The van der Waals surface area contributed by atoms with Crippen molar-refractivity contribution in [2.45, 2.75) is 57.6 Å². The standard InChI is InChI=1S/C20H33N5O.HI/c1-21-20(23-12-15-25-13-5-2-6-14-25)24-16-17-8-7-11-22-19(17)26-18-9-3-4-10-18;/h7-8,11,18H,2-6,9-10,12-16H2,1H3,(H2,21,23,24);1H. The number of piperidine rings is 1. The van der Waals surface area contributed by atoms with Crippen LogP contribution in [0.15, 0.2) is 23.3 Å². The summed E-state index contributed by atoms with van der Waals surface area (Å²) < 4.78 is 6.11. The van der Waals surface area contributed by atoms with Crippen LogP contribution < -0.4 is 15.4 Å². The summed E-state index contributed by atoms with van der Waals surface area (Å²) in [6.07, 6.45) is 11.0. The molecule has 2 heterocycles. The van der Waals surface area contributed by atoms with Gasteiger partial charge < -0.3 is 20.3 Å². The number of hydrogen-bond acceptors (Lipinski definition) is 4. The molecule has 1 aliphatic heterocycles. The Labute approximate surface area is 180 Å². The molecule has 1 aliphatic carbocycles. The third-order valence-corrected chi connectivity index (χ3v) is 5.27. The monoisotopic (exact) mass is 487 g/mol. The molecule has 1 aromatic rings. The summed E-state index contributed by atoms with van der Waals surface area (Å²) in [6.45, 7) is 5.11. The van der Waals surface area contributed by atoms with Crippen LogP contribution in [0.25, 0.3) is 0 Å². The van der Waals surface area contributed by atoms with Crippen LogP contribution in [0.3, 0.4) is 0 Å². The topological polar surface area (TPSA) is 61.8 Å². The first-order valence-corrected chi connectivity index (χ1v) is 10.1. The second kappa shape index (κ2) is 12.4. The SMILES string of the molecule is CN=C(NCCN1CCCCC1)NCc1cccnc1OC1CCCC1.I. The van der Waals surface area contributed by atoms with Crippen LogP contribution in [-0.4, -0.2) is 55.2 Å². The van der Waals surface area contributed by atoms with Crippen molar-refractivity contribution in [2.24, 2.45) is 4.99 Å². The number of nitrogens with zero attached hydrogens (tertiary/aromatic N) is 3. The fourth-order valence-electron chi connectivity index (χ4n) is 3.74. The molecule has 6 nitrogen and oxygen atoms in total. The summed E-state index contributed by atoms with van der Waals surface area (Å²) in [4.78, 5) is 11.3. The number of nitrogens with one attached hydrogen (secondary N) is 2. The molecule has 0 radical (unpaired) electrons. The molecular weight excluding hydrogens is 453 g/mol.